The minimum atomic E-state index is -0.00572. The summed E-state index contributed by atoms with van der Waals surface area (Å²) in [5.41, 5.74) is 3.32. The number of oxazole rings is 1. The smallest absolute Gasteiger partial charge is 0.194 e. The Balaban J connectivity index is 1.67. The van der Waals surface area contributed by atoms with E-state index in [0.717, 1.165) is 36.6 Å². The molecule has 0 bridgehead atoms. The average molecular weight is 311 g/mol. The molecule has 0 aromatic carbocycles. The van der Waals surface area contributed by atoms with Crippen LogP contribution in [-0.2, 0) is 22.4 Å². The number of fused-ring (bicyclic) bond motifs is 1. The lowest BCUT2D eigenvalue weighted by Crippen LogP contribution is -2.20. The molecule has 2 aliphatic carbocycles. The van der Waals surface area contributed by atoms with E-state index in [1.165, 1.54) is 0 Å². The largest absolute Gasteiger partial charge is 0.445 e. The van der Waals surface area contributed by atoms with Crippen molar-refractivity contribution in [3.63, 3.8) is 0 Å². The first kappa shape index (κ1) is 15.7. The summed E-state index contributed by atoms with van der Waals surface area (Å²) in [6, 6.07) is 0. The molecule has 0 unspecified atom stereocenters. The molecule has 4 heteroatoms. The van der Waals surface area contributed by atoms with Crippen LogP contribution >= 0.6 is 0 Å². The van der Waals surface area contributed by atoms with Crippen LogP contribution in [0.25, 0.3) is 6.08 Å². The molecule has 3 rings (SSSR count). The Hall–Kier alpha value is -2.23. The van der Waals surface area contributed by atoms with Crippen molar-refractivity contribution >= 4 is 17.6 Å². The zero-order valence-electron chi connectivity index (χ0n) is 13.9. The van der Waals surface area contributed by atoms with Crippen LogP contribution in [0.5, 0.6) is 0 Å². The first-order valence-electron chi connectivity index (χ1n) is 8.10. The zero-order chi connectivity index (χ0) is 16.6. The number of rotatable bonds is 4. The lowest BCUT2D eigenvalue weighted by Gasteiger charge is -2.18. The molecule has 0 fully saturated rings. The van der Waals surface area contributed by atoms with Crippen LogP contribution in [0.1, 0.15) is 57.4 Å². The van der Waals surface area contributed by atoms with Gasteiger partial charge in [-0.3, -0.25) is 9.59 Å². The molecular formula is C19H21NO3. The van der Waals surface area contributed by atoms with Crippen molar-refractivity contribution in [2.45, 2.75) is 52.9 Å². The Labute approximate surface area is 136 Å². The number of allylic oxidation sites excluding steroid dienone is 5. The summed E-state index contributed by atoms with van der Waals surface area (Å²) < 4.78 is 5.77. The van der Waals surface area contributed by atoms with Crippen LogP contribution in [-0.4, -0.2) is 16.6 Å². The molecule has 2 aliphatic rings. The van der Waals surface area contributed by atoms with Crippen LogP contribution in [0.4, 0.5) is 0 Å². The van der Waals surface area contributed by atoms with E-state index in [4.69, 9.17) is 4.42 Å². The second kappa shape index (κ2) is 6.11. The summed E-state index contributed by atoms with van der Waals surface area (Å²) in [5, 5.41) is 0. The van der Waals surface area contributed by atoms with Gasteiger partial charge in [-0.2, -0.15) is 0 Å². The van der Waals surface area contributed by atoms with Crippen LogP contribution in [0.15, 0.2) is 32.8 Å². The summed E-state index contributed by atoms with van der Waals surface area (Å²) in [5.74, 6) is 1.68. The van der Waals surface area contributed by atoms with Crippen molar-refractivity contribution in [1.82, 2.24) is 4.98 Å². The van der Waals surface area contributed by atoms with E-state index in [1.54, 1.807) is 20.8 Å². The molecule has 4 nitrogen and oxygen atoms in total. The number of hydrogen-bond acceptors (Lipinski definition) is 4. The van der Waals surface area contributed by atoms with Crippen molar-refractivity contribution in [2.75, 3.05) is 0 Å². The Morgan fingerprint density at radius 1 is 1.04 bits per heavy atom. The molecule has 0 N–H and O–H groups in total. The van der Waals surface area contributed by atoms with E-state index in [2.05, 4.69) is 11.1 Å². The topological polar surface area (TPSA) is 60.2 Å². The van der Waals surface area contributed by atoms with E-state index < -0.39 is 0 Å². The number of hydrogen-bond donors (Lipinski definition) is 0. The lowest BCUT2D eigenvalue weighted by molar-refractivity contribution is -0.116. The fourth-order valence-electron chi connectivity index (χ4n) is 3.11. The summed E-state index contributed by atoms with van der Waals surface area (Å²) in [4.78, 5) is 29.0. The summed E-state index contributed by atoms with van der Waals surface area (Å²) >= 11 is 0. The standard InChI is InChI=1S/C19H21NO3/c1-11-12(2)19(22)14(13(3)18(11)21)7-6-10-17-20-15-8-4-5-9-16(15)23-17/h4,8H,5-7,9-10H2,1-3H3. The highest BCUT2D eigenvalue weighted by molar-refractivity contribution is 6.24. The molecule has 1 aromatic heterocycles. The molecule has 0 amide bonds. The molecule has 1 heterocycles. The van der Waals surface area contributed by atoms with E-state index in [9.17, 15) is 9.59 Å². The van der Waals surface area contributed by atoms with Gasteiger partial charge < -0.3 is 4.42 Å². The van der Waals surface area contributed by atoms with Crippen LogP contribution in [0.2, 0.25) is 0 Å². The van der Waals surface area contributed by atoms with Crippen molar-refractivity contribution in [1.29, 1.82) is 0 Å². The first-order valence-corrected chi connectivity index (χ1v) is 8.10. The van der Waals surface area contributed by atoms with Crippen molar-refractivity contribution < 1.29 is 14.0 Å². The van der Waals surface area contributed by atoms with E-state index in [0.29, 0.717) is 35.1 Å². The van der Waals surface area contributed by atoms with Crippen molar-refractivity contribution in [2.24, 2.45) is 0 Å². The second-order valence-corrected chi connectivity index (χ2v) is 6.22. The Morgan fingerprint density at radius 3 is 2.52 bits per heavy atom. The van der Waals surface area contributed by atoms with Gasteiger partial charge in [-0.15, -0.1) is 0 Å². The number of carbonyl (C=O) groups excluding carboxylic acids is 2. The average Bonchev–Trinajstić information content (AvgIpc) is 2.97. The molecule has 0 radical (unpaired) electrons. The molecule has 0 aliphatic heterocycles. The number of ketones is 2. The monoisotopic (exact) mass is 311 g/mol. The fraction of sp³-hybridized carbons (Fsp3) is 0.421. The number of nitrogens with zero attached hydrogens (tertiary/aromatic N) is 1. The van der Waals surface area contributed by atoms with Gasteiger partial charge in [0.1, 0.15) is 11.5 Å². The summed E-state index contributed by atoms with van der Waals surface area (Å²) in [6.45, 7) is 5.21. The molecule has 0 saturated heterocycles. The molecule has 0 spiro atoms. The highest BCUT2D eigenvalue weighted by atomic mass is 16.4. The zero-order valence-corrected chi connectivity index (χ0v) is 13.9. The predicted octanol–water partition coefficient (Wildman–Crippen LogP) is 3.76. The Bertz CT molecular complexity index is 775. The Morgan fingerprint density at radius 2 is 1.78 bits per heavy atom. The van der Waals surface area contributed by atoms with Crippen LogP contribution in [0, 0.1) is 0 Å². The summed E-state index contributed by atoms with van der Waals surface area (Å²) in [7, 11) is 0. The number of Topliss-reactive ketones (excluding diaryl/α,β-unsaturated/α-hetero) is 2. The molecule has 23 heavy (non-hydrogen) atoms. The molecule has 1 aromatic rings. The van der Waals surface area contributed by atoms with E-state index in [1.807, 2.05) is 6.08 Å². The van der Waals surface area contributed by atoms with Gasteiger partial charge in [-0.05, 0) is 46.1 Å². The fourth-order valence-corrected chi connectivity index (χ4v) is 3.11. The van der Waals surface area contributed by atoms with Crippen LogP contribution < -0.4 is 0 Å². The quantitative estimate of drug-likeness (QED) is 0.794. The van der Waals surface area contributed by atoms with Gasteiger partial charge in [-0.1, -0.05) is 6.08 Å². The molecule has 0 atom stereocenters. The van der Waals surface area contributed by atoms with Crippen LogP contribution in [0.3, 0.4) is 0 Å². The maximum absolute atomic E-state index is 12.4. The van der Waals surface area contributed by atoms with Crippen molar-refractivity contribution in [3.05, 3.63) is 45.7 Å². The second-order valence-electron chi connectivity index (χ2n) is 6.22. The molecule has 0 saturated carbocycles. The van der Waals surface area contributed by atoms with E-state index in [-0.39, 0.29) is 11.6 Å². The number of carbonyl (C=O) groups is 2. The van der Waals surface area contributed by atoms with Gasteiger partial charge in [0, 0.05) is 35.1 Å². The van der Waals surface area contributed by atoms with Gasteiger partial charge in [0.2, 0.25) is 0 Å². The molecular weight excluding hydrogens is 290 g/mol. The third-order valence-electron chi connectivity index (χ3n) is 4.71. The van der Waals surface area contributed by atoms with Gasteiger partial charge >= 0.3 is 0 Å². The maximum atomic E-state index is 12.4. The lowest BCUT2D eigenvalue weighted by atomic mass is 9.84. The minimum Gasteiger partial charge on any atom is -0.445 e. The third kappa shape index (κ3) is 2.85. The van der Waals surface area contributed by atoms with Gasteiger partial charge in [-0.25, -0.2) is 4.98 Å². The SMILES string of the molecule is CC1=C(C)C(=O)C(CCCc2nc3c(o2)CCC=C3)=C(C)C1=O. The Kier molecular flexibility index (Phi) is 4.16. The predicted molar refractivity (Wildman–Crippen MR) is 87.9 cm³/mol. The highest BCUT2D eigenvalue weighted by Gasteiger charge is 2.27. The summed E-state index contributed by atoms with van der Waals surface area (Å²) in [6.07, 6.45) is 8.02. The first-order chi connectivity index (χ1) is 11.0. The number of aryl methyl sites for hydroxylation is 2. The van der Waals surface area contributed by atoms with Gasteiger partial charge in [0.05, 0.1) is 0 Å². The van der Waals surface area contributed by atoms with Crippen molar-refractivity contribution in [3.8, 4) is 0 Å². The highest BCUT2D eigenvalue weighted by Crippen LogP contribution is 2.28. The normalized spacial score (nSPS) is 18.0. The van der Waals surface area contributed by atoms with E-state index >= 15 is 0 Å². The maximum Gasteiger partial charge on any atom is 0.194 e. The van der Waals surface area contributed by atoms with Gasteiger partial charge in [0.15, 0.2) is 17.5 Å². The molecule has 120 valence electrons. The third-order valence-corrected chi connectivity index (χ3v) is 4.71. The number of aromatic nitrogens is 1. The van der Waals surface area contributed by atoms with Gasteiger partial charge in [0.25, 0.3) is 0 Å². The minimum absolute atomic E-state index is 0.00572.